The summed E-state index contributed by atoms with van der Waals surface area (Å²) < 4.78 is 5.24. The van der Waals surface area contributed by atoms with Crippen molar-refractivity contribution in [1.29, 1.82) is 0 Å². The molecule has 27 heavy (non-hydrogen) atoms. The Balaban J connectivity index is 1.96. The maximum Gasteiger partial charge on any atom is 0.336 e. The summed E-state index contributed by atoms with van der Waals surface area (Å²) in [6.45, 7) is 0. The molecule has 0 radical (unpaired) electrons. The first-order valence-electron chi connectivity index (χ1n) is 8.13. The lowest BCUT2D eigenvalue weighted by atomic mass is 10.0. The van der Waals surface area contributed by atoms with Crippen LogP contribution in [-0.4, -0.2) is 38.5 Å². The summed E-state index contributed by atoms with van der Waals surface area (Å²) >= 11 is 0. The normalized spacial score (nSPS) is 10.9. The number of phenolic OH excluding ortho intramolecular Hbond substituents is 1. The fraction of sp³-hybridized carbons (Fsp3) is 0.0500. The molecule has 0 bridgehead atoms. The van der Waals surface area contributed by atoms with Crippen molar-refractivity contribution in [3.8, 4) is 34.0 Å². The van der Waals surface area contributed by atoms with Crippen molar-refractivity contribution in [2.24, 2.45) is 0 Å². The highest BCUT2D eigenvalue weighted by molar-refractivity contribution is 6.08. The predicted octanol–water partition coefficient (Wildman–Crippen LogP) is 3.70. The van der Waals surface area contributed by atoms with Gasteiger partial charge in [0.25, 0.3) is 0 Å². The van der Waals surface area contributed by atoms with E-state index >= 15 is 0 Å². The summed E-state index contributed by atoms with van der Waals surface area (Å²) in [5.74, 6) is -0.365. The number of aromatic amines is 1. The van der Waals surface area contributed by atoms with Crippen LogP contribution < -0.4 is 4.74 Å². The molecule has 7 heteroatoms. The highest BCUT2D eigenvalue weighted by atomic mass is 16.5. The van der Waals surface area contributed by atoms with Crippen molar-refractivity contribution in [2.75, 3.05) is 7.11 Å². The number of hydrogen-bond acceptors (Lipinski definition) is 5. The molecule has 0 saturated heterocycles. The Morgan fingerprint density at radius 1 is 1.07 bits per heavy atom. The Labute approximate surface area is 153 Å². The predicted molar refractivity (Wildman–Crippen MR) is 99.9 cm³/mol. The van der Waals surface area contributed by atoms with Crippen LogP contribution in [-0.2, 0) is 0 Å². The zero-order valence-electron chi connectivity index (χ0n) is 14.3. The molecule has 2 aromatic carbocycles. The number of rotatable bonds is 4. The van der Waals surface area contributed by atoms with Gasteiger partial charge in [0, 0.05) is 11.1 Å². The second kappa shape index (κ2) is 6.45. The van der Waals surface area contributed by atoms with Gasteiger partial charge in [-0.15, -0.1) is 0 Å². The molecule has 7 nitrogen and oxygen atoms in total. The molecular weight excluding hydrogens is 346 g/mol. The number of nitrogens with zero attached hydrogens (tertiary/aromatic N) is 2. The number of pyridine rings is 1. The van der Waals surface area contributed by atoms with Crippen LogP contribution in [0.25, 0.3) is 33.5 Å². The van der Waals surface area contributed by atoms with Gasteiger partial charge in [-0.2, -0.15) is 5.10 Å². The maximum absolute atomic E-state index is 11.9. The quantitative estimate of drug-likeness (QED) is 0.511. The fourth-order valence-corrected chi connectivity index (χ4v) is 2.99. The summed E-state index contributed by atoms with van der Waals surface area (Å²) in [5, 5.41) is 26.9. The lowest BCUT2D eigenvalue weighted by Crippen LogP contribution is -2.00. The molecule has 0 amide bonds. The SMILES string of the molecule is COc1cccc(-c2[nH]nc3nc(-c4cccc(O)c4)cc(C(=O)O)c23)c1. The third kappa shape index (κ3) is 2.95. The molecule has 0 saturated carbocycles. The van der Waals surface area contributed by atoms with Crippen molar-refractivity contribution < 1.29 is 19.7 Å². The summed E-state index contributed by atoms with van der Waals surface area (Å²) in [6, 6.07) is 15.2. The molecule has 0 aliphatic rings. The summed E-state index contributed by atoms with van der Waals surface area (Å²) in [4.78, 5) is 16.4. The molecule has 2 aromatic heterocycles. The summed E-state index contributed by atoms with van der Waals surface area (Å²) in [5.41, 5.74) is 2.67. The number of carbonyl (C=O) groups is 1. The van der Waals surface area contributed by atoms with E-state index in [1.54, 1.807) is 31.4 Å². The average Bonchev–Trinajstić information content (AvgIpc) is 3.11. The monoisotopic (exact) mass is 361 g/mol. The highest BCUT2D eigenvalue weighted by Gasteiger charge is 2.20. The van der Waals surface area contributed by atoms with Crippen LogP contribution in [0.3, 0.4) is 0 Å². The number of carboxylic acids is 1. The molecule has 0 spiro atoms. The first kappa shape index (κ1) is 16.6. The van der Waals surface area contributed by atoms with E-state index in [1.165, 1.54) is 18.2 Å². The van der Waals surface area contributed by atoms with E-state index in [0.29, 0.717) is 28.1 Å². The molecule has 4 aromatic rings. The number of phenols is 1. The zero-order chi connectivity index (χ0) is 19.0. The van der Waals surface area contributed by atoms with E-state index in [2.05, 4.69) is 15.2 Å². The molecule has 2 heterocycles. The Bertz CT molecular complexity index is 1170. The number of hydrogen-bond donors (Lipinski definition) is 3. The number of carboxylic acid groups (broad SMARTS) is 1. The number of aromatic hydroxyl groups is 1. The van der Waals surface area contributed by atoms with Gasteiger partial charge < -0.3 is 14.9 Å². The van der Waals surface area contributed by atoms with Gasteiger partial charge in [-0.3, -0.25) is 5.10 Å². The maximum atomic E-state index is 11.9. The minimum Gasteiger partial charge on any atom is -0.508 e. The van der Waals surface area contributed by atoms with Gasteiger partial charge in [0.15, 0.2) is 5.65 Å². The van der Waals surface area contributed by atoms with E-state index in [4.69, 9.17) is 4.74 Å². The first-order valence-corrected chi connectivity index (χ1v) is 8.13. The first-order chi connectivity index (χ1) is 13.1. The van der Waals surface area contributed by atoms with Crippen molar-refractivity contribution in [3.63, 3.8) is 0 Å². The smallest absolute Gasteiger partial charge is 0.336 e. The molecule has 0 fully saturated rings. The lowest BCUT2D eigenvalue weighted by Gasteiger charge is -2.07. The van der Waals surface area contributed by atoms with Crippen LogP contribution >= 0.6 is 0 Å². The van der Waals surface area contributed by atoms with Gasteiger partial charge in [-0.1, -0.05) is 24.3 Å². The molecule has 0 atom stereocenters. The number of methoxy groups -OCH3 is 1. The number of aromatic carboxylic acids is 1. The van der Waals surface area contributed by atoms with E-state index in [-0.39, 0.29) is 17.0 Å². The Morgan fingerprint density at radius 2 is 1.85 bits per heavy atom. The largest absolute Gasteiger partial charge is 0.508 e. The van der Waals surface area contributed by atoms with E-state index in [9.17, 15) is 15.0 Å². The van der Waals surface area contributed by atoms with E-state index in [1.807, 2.05) is 12.1 Å². The number of nitrogens with one attached hydrogen (secondary N) is 1. The standard InChI is InChI=1S/C20H15N3O4/c1-27-14-7-3-5-12(9-14)18-17-15(20(25)26)10-16(21-19(17)23-22-18)11-4-2-6-13(24)8-11/h2-10,24H,1H3,(H,25,26)(H,21,22,23). The molecule has 3 N–H and O–H groups in total. The molecule has 4 rings (SSSR count). The van der Waals surface area contributed by atoms with Crippen LogP contribution in [0.4, 0.5) is 0 Å². The molecule has 0 unspecified atom stereocenters. The Kier molecular flexibility index (Phi) is 3.97. The highest BCUT2D eigenvalue weighted by Crippen LogP contribution is 2.33. The Morgan fingerprint density at radius 3 is 2.59 bits per heavy atom. The topological polar surface area (TPSA) is 108 Å². The molecule has 134 valence electrons. The van der Waals surface area contributed by atoms with Crippen molar-refractivity contribution >= 4 is 17.0 Å². The van der Waals surface area contributed by atoms with Crippen molar-refractivity contribution in [3.05, 3.63) is 60.2 Å². The van der Waals surface area contributed by atoms with Crippen LogP contribution in [0.15, 0.2) is 54.6 Å². The van der Waals surface area contributed by atoms with Crippen molar-refractivity contribution in [1.82, 2.24) is 15.2 Å². The van der Waals surface area contributed by atoms with Gasteiger partial charge in [0.2, 0.25) is 0 Å². The van der Waals surface area contributed by atoms with Gasteiger partial charge in [0.1, 0.15) is 11.5 Å². The summed E-state index contributed by atoms with van der Waals surface area (Å²) in [7, 11) is 1.57. The zero-order valence-corrected chi connectivity index (χ0v) is 14.3. The third-order valence-corrected chi connectivity index (χ3v) is 4.25. The number of fused-ring (bicyclic) bond motifs is 1. The second-order valence-electron chi connectivity index (χ2n) is 5.94. The average molecular weight is 361 g/mol. The minimum atomic E-state index is -1.09. The van der Waals surface area contributed by atoms with Crippen LogP contribution in [0.1, 0.15) is 10.4 Å². The Hall–Kier alpha value is -3.87. The lowest BCUT2D eigenvalue weighted by molar-refractivity contribution is 0.0699. The minimum absolute atomic E-state index is 0.0740. The third-order valence-electron chi connectivity index (χ3n) is 4.25. The van der Waals surface area contributed by atoms with Crippen LogP contribution in [0.2, 0.25) is 0 Å². The number of benzene rings is 2. The van der Waals surface area contributed by atoms with Gasteiger partial charge in [-0.25, -0.2) is 9.78 Å². The van der Waals surface area contributed by atoms with Crippen LogP contribution in [0, 0.1) is 0 Å². The van der Waals surface area contributed by atoms with Gasteiger partial charge >= 0.3 is 5.97 Å². The van der Waals surface area contributed by atoms with Crippen LogP contribution in [0.5, 0.6) is 11.5 Å². The number of H-pyrrole nitrogens is 1. The molecule has 0 aliphatic heterocycles. The second-order valence-corrected chi connectivity index (χ2v) is 5.94. The van der Waals surface area contributed by atoms with E-state index in [0.717, 1.165) is 5.56 Å². The van der Waals surface area contributed by atoms with Gasteiger partial charge in [0.05, 0.1) is 29.4 Å². The fourth-order valence-electron chi connectivity index (χ4n) is 2.99. The molecule has 0 aliphatic carbocycles. The number of ether oxygens (including phenoxy) is 1. The van der Waals surface area contributed by atoms with Gasteiger partial charge in [-0.05, 0) is 30.3 Å². The van der Waals surface area contributed by atoms with Crippen molar-refractivity contribution in [2.45, 2.75) is 0 Å². The molecular formula is C20H15N3O4. The number of aromatic nitrogens is 3. The van der Waals surface area contributed by atoms with E-state index < -0.39 is 5.97 Å². The summed E-state index contributed by atoms with van der Waals surface area (Å²) in [6.07, 6.45) is 0.